The second kappa shape index (κ2) is 3.72. The van der Waals surface area contributed by atoms with Gasteiger partial charge in [-0.1, -0.05) is 13.0 Å². The van der Waals surface area contributed by atoms with E-state index >= 15 is 0 Å². The highest BCUT2D eigenvalue weighted by atomic mass is 19.1. The van der Waals surface area contributed by atoms with Crippen molar-refractivity contribution >= 4 is 17.3 Å². The van der Waals surface area contributed by atoms with Crippen LogP contribution in [0.25, 0.3) is 0 Å². The van der Waals surface area contributed by atoms with Gasteiger partial charge in [-0.3, -0.25) is 4.79 Å². The number of benzene rings is 1. The molecule has 17 heavy (non-hydrogen) atoms. The molecule has 0 saturated carbocycles. The monoisotopic (exact) mass is 234 g/mol. The number of anilines is 2. The summed E-state index contributed by atoms with van der Waals surface area (Å²) >= 11 is 0. The summed E-state index contributed by atoms with van der Waals surface area (Å²) in [6.07, 6.45) is 1.90. The smallest absolute Gasteiger partial charge is 0.247 e. The molecule has 3 nitrogen and oxygen atoms in total. The fourth-order valence-electron chi connectivity index (χ4n) is 2.76. The number of piperidine rings is 1. The fourth-order valence-corrected chi connectivity index (χ4v) is 2.76. The number of amides is 1. The van der Waals surface area contributed by atoms with Crippen LogP contribution in [0, 0.1) is 11.7 Å². The van der Waals surface area contributed by atoms with E-state index in [9.17, 15) is 9.18 Å². The van der Waals surface area contributed by atoms with Gasteiger partial charge in [-0.05, 0) is 30.9 Å². The number of nitrogens with one attached hydrogen (secondary N) is 1. The summed E-state index contributed by atoms with van der Waals surface area (Å²) in [7, 11) is 0. The average molecular weight is 234 g/mol. The molecule has 0 radical (unpaired) electrons. The van der Waals surface area contributed by atoms with Gasteiger partial charge in [0.15, 0.2) is 0 Å². The summed E-state index contributed by atoms with van der Waals surface area (Å²) in [4.78, 5) is 14.0. The Morgan fingerprint density at radius 3 is 3.12 bits per heavy atom. The van der Waals surface area contributed by atoms with Crippen molar-refractivity contribution in [3.63, 3.8) is 0 Å². The number of fused-ring (bicyclic) bond motifs is 3. The van der Waals surface area contributed by atoms with Gasteiger partial charge in [-0.2, -0.15) is 0 Å². The first-order valence-electron chi connectivity index (χ1n) is 6.03. The number of halogens is 1. The van der Waals surface area contributed by atoms with Crippen LogP contribution in [-0.2, 0) is 4.79 Å². The SMILES string of the molecule is CC1CCN2c3cccc(F)c3NC(=O)C2C1. The molecular weight excluding hydrogens is 219 g/mol. The lowest BCUT2D eigenvalue weighted by atomic mass is 9.90. The maximum atomic E-state index is 13.6. The van der Waals surface area contributed by atoms with Gasteiger partial charge in [-0.25, -0.2) is 4.39 Å². The van der Waals surface area contributed by atoms with E-state index in [0.717, 1.165) is 25.1 Å². The third-order valence-corrected chi connectivity index (χ3v) is 3.72. The van der Waals surface area contributed by atoms with Crippen LogP contribution in [0.15, 0.2) is 18.2 Å². The zero-order valence-corrected chi connectivity index (χ0v) is 9.74. The topological polar surface area (TPSA) is 32.3 Å². The van der Waals surface area contributed by atoms with Crippen molar-refractivity contribution in [2.24, 2.45) is 5.92 Å². The number of para-hydroxylation sites is 1. The van der Waals surface area contributed by atoms with E-state index in [2.05, 4.69) is 12.2 Å². The first kappa shape index (κ1) is 10.6. The van der Waals surface area contributed by atoms with E-state index in [4.69, 9.17) is 0 Å². The van der Waals surface area contributed by atoms with Crippen molar-refractivity contribution in [1.82, 2.24) is 0 Å². The summed E-state index contributed by atoms with van der Waals surface area (Å²) in [5.74, 6) is 0.124. The number of carbonyl (C=O) groups is 1. The quantitative estimate of drug-likeness (QED) is 0.747. The number of hydrogen-bond donors (Lipinski definition) is 1. The molecule has 0 spiro atoms. The van der Waals surface area contributed by atoms with Crippen LogP contribution < -0.4 is 10.2 Å². The van der Waals surface area contributed by atoms with Gasteiger partial charge in [0.1, 0.15) is 17.5 Å². The summed E-state index contributed by atoms with van der Waals surface area (Å²) in [6, 6.07) is 4.82. The van der Waals surface area contributed by atoms with Crippen molar-refractivity contribution in [2.75, 3.05) is 16.8 Å². The summed E-state index contributed by atoms with van der Waals surface area (Å²) in [5, 5.41) is 2.69. The molecule has 90 valence electrons. The lowest BCUT2D eigenvalue weighted by molar-refractivity contribution is -0.118. The molecule has 2 aliphatic heterocycles. The van der Waals surface area contributed by atoms with Crippen LogP contribution in [0.4, 0.5) is 15.8 Å². The Labute approximate surface area is 99.6 Å². The Bertz CT molecular complexity index is 474. The highest BCUT2D eigenvalue weighted by molar-refractivity contribution is 6.03. The van der Waals surface area contributed by atoms with Crippen LogP contribution in [0.1, 0.15) is 19.8 Å². The molecule has 0 aliphatic carbocycles. The number of nitrogens with zero attached hydrogens (tertiary/aromatic N) is 1. The maximum Gasteiger partial charge on any atom is 0.247 e. The van der Waals surface area contributed by atoms with Crippen molar-refractivity contribution < 1.29 is 9.18 Å². The summed E-state index contributed by atoms with van der Waals surface area (Å²) in [6.45, 7) is 2.99. The van der Waals surface area contributed by atoms with Gasteiger partial charge in [0, 0.05) is 6.54 Å². The molecule has 1 N–H and O–H groups in total. The highest BCUT2D eigenvalue weighted by Crippen LogP contribution is 2.38. The minimum Gasteiger partial charge on any atom is -0.358 e. The second-order valence-electron chi connectivity index (χ2n) is 4.96. The summed E-state index contributed by atoms with van der Waals surface area (Å²) < 4.78 is 13.6. The normalized spacial score (nSPS) is 27.2. The van der Waals surface area contributed by atoms with Crippen LogP contribution in [0.5, 0.6) is 0 Å². The summed E-state index contributed by atoms with van der Waals surface area (Å²) in [5.41, 5.74) is 1.16. The first-order chi connectivity index (χ1) is 8.16. The molecule has 4 heteroatoms. The Morgan fingerprint density at radius 1 is 1.47 bits per heavy atom. The van der Waals surface area contributed by atoms with Gasteiger partial charge in [0.05, 0.1) is 5.69 Å². The van der Waals surface area contributed by atoms with Crippen LogP contribution >= 0.6 is 0 Å². The van der Waals surface area contributed by atoms with Gasteiger partial charge in [0.2, 0.25) is 5.91 Å². The van der Waals surface area contributed by atoms with Crippen LogP contribution in [0.3, 0.4) is 0 Å². The van der Waals surface area contributed by atoms with E-state index in [0.29, 0.717) is 11.6 Å². The van der Waals surface area contributed by atoms with E-state index in [1.165, 1.54) is 6.07 Å². The predicted molar refractivity (Wildman–Crippen MR) is 64.6 cm³/mol. The molecule has 2 unspecified atom stereocenters. The van der Waals surface area contributed by atoms with Crippen molar-refractivity contribution in [3.8, 4) is 0 Å². The molecule has 1 aromatic rings. The molecule has 2 aliphatic rings. The predicted octanol–water partition coefficient (Wildman–Crippen LogP) is 2.38. The molecule has 2 heterocycles. The van der Waals surface area contributed by atoms with Gasteiger partial charge in [-0.15, -0.1) is 0 Å². The molecule has 0 aromatic heterocycles. The molecule has 3 rings (SSSR count). The Kier molecular flexibility index (Phi) is 2.31. The molecule has 1 saturated heterocycles. The van der Waals surface area contributed by atoms with E-state index in [1.807, 2.05) is 11.0 Å². The first-order valence-corrected chi connectivity index (χ1v) is 6.03. The van der Waals surface area contributed by atoms with Gasteiger partial charge >= 0.3 is 0 Å². The van der Waals surface area contributed by atoms with E-state index in [-0.39, 0.29) is 17.8 Å². The van der Waals surface area contributed by atoms with E-state index < -0.39 is 0 Å². The number of rotatable bonds is 0. The molecule has 1 aromatic carbocycles. The van der Waals surface area contributed by atoms with E-state index in [1.54, 1.807) is 6.07 Å². The van der Waals surface area contributed by atoms with Crippen LogP contribution in [0.2, 0.25) is 0 Å². The van der Waals surface area contributed by atoms with Crippen molar-refractivity contribution in [2.45, 2.75) is 25.8 Å². The molecular formula is C13H15FN2O. The lowest BCUT2D eigenvalue weighted by Crippen LogP contribution is -2.52. The minimum absolute atomic E-state index is 0.0749. The fraction of sp³-hybridized carbons (Fsp3) is 0.462. The Balaban J connectivity index is 2.05. The number of hydrogen-bond acceptors (Lipinski definition) is 2. The third kappa shape index (κ3) is 1.59. The molecule has 0 bridgehead atoms. The average Bonchev–Trinajstić information content (AvgIpc) is 2.31. The molecule has 1 amide bonds. The largest absolute Gasteiger partial charge is 0.358 e. The van der Waals surface area contributed by atoms with Gasteiger partial charge in [0.25, 0.3) is 0 Å². The third-order valence-electron chi connectivity index (χ3n) is 3.72. The maximum absolute atomic E-state index is 13.6. The number of carbonyl (C=O) groups excluding carboxylic acids is 1. The highest BCUT2D eigenvalue weighted by Gasteiger charge is 2.37. The molecule has 2 atom stereocenters. The van der Waals surface area contributed by atoms with Crippen molar-refractivity contribution in [1.29, 1.82) is 0 Å². The zero-order chi connectivity index (χ0) is 12.0. The van der Waals surface area contributed by atoms with Gasteiger partial charge < -0.3 is 10.2 Å². The lowest BCUT2D eigenvalue weighted by Gasteiger charge is -2.43. The minimum atomic E-state index is -0.354. The van der Waals surface area contributed by atoms with Crippen molar-refractivity contribution in [3.05, 3.63) is 24.0 Å². The van der Waals surface area contributed by atoms with Crippen LogP contribution in [-0.4, -0.2) is 18.5 Å². The Morgan fingerprint density at radius 2 is 2.29 bits per heavy atom. The Hall–Kier alpha value is -1.58. The standard InChI is InChI=1S/C13H15FN2O/c1-8-5-6-16-10-4-2-3-9(14)12(10)15-13(17)11(16)7-8/h2-4,8,11H,5-7H2,1H3,(H,15,17). The molecule has 1 fully saturated rings. The second-order valence-corrected chi connectivity index (χ2v) is 4.96. The zero-order valence-electron chi connectivity index (χ0n) is 9.74.